The number of carbonyl (C=O) groups is 2. The third-order valence-electron chi connectivity index (χ3n) is 6.14. The lowest BCUT2D eigenvalue weighted by atomic mass is 10.1. The Hall–Kier alpha value is -4.85. The van der Waals surface area contributed by atoms with Gasteiger partial charge in [-0.05, 0) is 93.3 Å². The lowest BCUT2D eigenvalue weighted by Crippen LogP contribution is -2.08. The van der Waals surface area contributed by atoms with Gasteiger partial charge in [0.2, 0.25) is 0 Å². The van der Waals surface area contributed by atoms with Gasteiger partial charge >= 0.3 is 11.9 Å². The van der Waals surface area contributed by atoms with E-state index in [1.807, 2.05) is 24.3 Å². The van der Waals surface area contributed by atoms with Crippen molar-refractivity contribution in [3.8, 4) is 11.5 Å². The summed E-state index contributed by atoms with van der Waals surface area (Å²) in [6.07, 6.45) is 3.55. The highest BCUT2D eigenvalue weighted by Crippen LogP contribution is 2.34. The van der Waals surface area contributed by atoms with Crippen LogP contribution in [-0.2, 0) is 9.53 Å². The highest BCUT2D eigenvalue weighted by atomic mass is 19.1. The Kier molecular flexibility index (Phi) is 10.3. The molecule has 0 aromatic heterocycles. The molecule has 0 fully saturated rings. The van der Waals surface area contributed by atoms with Crippen molar-refractivity contribution in [2.45, 2.75) is 32.6 Å². The largest absolute Gasteiger partial charge is 0.494 e. The van der Waals surface area contributed by atoms with Gasteiger partial charge in [0.25, 0.3) is 0 Å². The molecular formula is C33H31FN2O5. The average molecular weight is 555 g/mol. The van der Waals surface area contributed by atoms with Crippen molar-refractivity contribution >= 4 is 34.1 Å². The van der Waals surface area contributed by atoms with Crippen molar-refractivity contribution in [3.63, 3.8) is 0 Å². The predicted octanol–water partition coefficient (Wildman–Crippen LogP) is 8.67. The number of fused-ring (bicyclic) bond motifs is 1. The number of azo groups is 1. The number of esters is 2. The minimum Gasteiger partial charge on any atom is -0.494 e. The van der Waals surface area contributed by atoms with Gasteiger partial charge in [0.15, 0.2) is 0 Å². The number of hydrogen-bond donors (Lipinski definition) is 0. The Bertz CT molecular complexity index is 1530. The summed E-state index contributed by atoms with van der Waals surface area (Å²) in [5.74, 6) is -0.116. The van der Waals surface area contributed by atoms with Gasteiger partial charge in [-0.2, -0.15) is 5.11 Å². The smallest absolute Gasteiger partial charge is 0.343 e. The quantitative estimate of drug-likeness (QED) is 0.0542. The lowest BCUT2D eigenvalue weighted by Gasteiger charge is -2.10. The number of ether oxygens (including phenoxy) is 3. The standard InChI is InChI=1S/C33H31FN2O5/c1-23(2)32(37)40-22-8-4-3-7-21-39-27-17-11-24(12-18-27)33(38)41-31-20-19-30(28-9-5-6-10-29(28)31)36-35-26-15-13-25(34)14-16-26/h5-6,9-20H,1,3-4,7-8,21-22H2,2H3. The van der Waals surface area contributed by atoms with E-state index >= 15 is 0 Å². The number of unbranched alkanes of at least 4 members (excludes halogenated alkanes) is 3. The molecule has 0 unspecified atom stereocenters. The summed E-state index contributed by atoms with van der Waals surface area (Å²) in [6.45, 7) is 6.13. The minimum absolute atomic E-state index is 0.341. The maximum Gasteiger partial charge on any atom is 0.343 e. The molecule has 0 heterocycles. The molecule has 0 saturated carbocycles. The molecule has 0 spiro atoms. The van der Waals surface area contributed by atoms with Crippen LogP contribution in [0.3, 0.4) is 0 Å². The van der Waals surface area contributed by atoms with Crippen LogP contribution < -0.4 is 9.47 Å². The number of benzene rings is 4. The van der Waals surface area contributed by atoms with Crippen molar-refractivity contribution in [1.82, 2.24) is 0 Å². The second kappa shape index (κ2) is 14.5. The molecule has 0 atom stereocenters. The molecule has 0 bridgehead atoms. The van der Waals surface area contributed by atoms with Gasteiger partial charge in [-0.25, -0.2) is 14.0 Å². The maximum absolute atomic E-state index is 13.2. The number of carbonyl (C=O) groups excluding carboxylic acids is 2. The van der Waals surface area contributed by atoms with Crippen LogP contribution in [0.5, 0.6) is 11.5 Å². The summed E-state index contributed by atoms with van der Waals surface area (Å²) in [5, 5.41) is 9.98. The predicted molar refractivity (Wildman–Crippen MR) is 156 cm³/mol. The van der Waals surface area contributed by atoms with Gasteiger partial charge in [0.1, 0.15) is 17.3 Å². The summed E-state index contributed by atoms with van der Waals surface area (Å²) in [7, 11) is 0. The van der Waals surface area contributed by atoms with Gasteiger partial charge in [-0.15, -0.1) is 5.11 Å². The van der Waals surface area contributed by atoms with Gasteiger partial charge in [0, 0.05) is 16.3 Å². The fourth-order valence-corrected chi connectivity index (χ4v) is 3.93. The van der Waals surface area contributed by atoms with Crippen LogP contribution in [0.2, 0.25) is 0 Å². The van der Waals surface area contributed by atoms with Crippen LogP contribution in [0, 0.1) is 5.82 Å². The highest BCUT2D eigenvalue weighted by molar-refractivity contribution is 5.99. The van der Waals surface area contributed by atoms with E-state index in [1.54, 1.807) is 55.5 Å². The Morgan fingerprint density at radius 1 is 0.780 bits per heavy atom. The average Bonchev–Trinajstić information content (AvgIpc) is 2.99. The summed E-state index contributed by atoms with van der Waals surface area (Å²) in [6, 6.07) is 23.4. The molecule has 0 aliphatic heterocycles. The zero-order valence-electron chi connectivity index (χ0n) is 22.8. The molecule has 8 heteroatoms. The van der Waals surface area contributed by atoms with Crippen molar-refractivity contribution in [1.29, 1.82) is 0 Å². The van der Waals surface area contributed by atoms with Gasteiger partial charge in [-0.1, -0.05) is 30.8 Å². The first-order valence-electron chi connectivity index (χ1n) is 13.4. The molecular weight excluding hydrogens is 523 g/mol. The molecule has 0 N–H and O–H groups in total. The minimum atomic E-state index is -0.491. The molecule has 4 rings (SSSR count). The highest BCUT2D eigenvalue weighted by Gasteiger charge is 2.13. The Morgan fingerprint density at radius 2 is 1.46 bits per heavy atom. The zero-order chi connectivity index (χ0) is 29.0. The van der Waals surface area contributed by atoms with E-state index in [0.717, 1.165) is 31.1 Å². The van der Waals surface area contributed by atoms with E-state index in [1.165, 1.54) is 12.1 Å². The van der Waals surface area contributed by atoms with E-state index in [9.17, 15) is 14.0 Å². The molecule has 4 aromatic carbocycles. The Morgan fingerprint density at radius 3 is 2.17 bits per heavy atom. The molecule has 0 amide bonds. The summed E-state index contributed by atoms with van der Waals surface area (Å²) < 4.78 is 29.7. The van der Waals surface area contributed by atoms with Crippen LogP contribution >= 0.6 is 0 Å². The first-order chi connectivity index (χ1) is 19.9. The topological polar surface area (TPSA) is 86.5 Å². The van der Waals surface area contributed by atoms with E-state index in [2.05, 4.69) is 16.8 Å². The first-order valence-corrected chi connectivity index (χ1v) is 13.4. The van der Waals surface area contributed by atoms with Crippen LogP contribution in [0.4, 0.5) is 15.8 Å². The molecule has 0 aliphatic carbocycles. The van der Waals surface area contributed by atoms with E-state index in [4.69, 9.17) is 14.2 Å². The summed E-state index contributed by atoms with van der Waals surface area (Å²) in [4.78, 5) is 24.2. The number of nitrogens with zero attached hydrogens (tertiary/aromatic N) is 2. The Labute approximate surface area is 238 Å². The maximum atomic E-state index is 13.2. The first kappa shape index (κ1) is 29.1. The second-order valence-electron chi connectivity index (χ2n) is 9.40. The molecule has 7 nitrogen and oxygen atoms in total. The van der Waals surface area contributed by atoms with Crippen molar-refractivity contribution in [2.24, 2.45) is 10.2 Å². The van der Waals surface area contributed by atoms with Crippen molar-refractivity contribution in [3.05, 3.63) is 108 Å². The summed E-state index contributed by atoms with van der Waals surface area (Å²) in [5.41, 5.74) is 1.92. The van der Waals surface area contributed by atoms with Gasteiger partial charge < -0.3 is 14.2 Å². The van der Waals surface area contributed by atoms with Crippen LogP contribution in [0.25, 0.3) is 10.8 Å². The zero-order valence-corrected chi connectivity index (χ0v) is 22.8. The fraction of sp³-hybridized carbons (Fsp3) is 0.212. The SMILES string of the molecule is C=C(C)C(=O)OCCCCCCOc1ccc(C(=O)Oc2ccc(N=Nc3ccc(F)cc3)c3ccccc23)cc1. The second-order valence-corrected chi connectivity index (χ2v) is 9.40. The van der Waals surface area contributed by atoms with E-state index < -0.39 is 5.97 Å². The van der Waals surface area contributed by atoms with Crippen LogP contribution in [0.1, 0.15) is 43.0 Å². The monoisotopic (exact) mass is 554 g/mol. The van der Waals surface area contributed by atoms with Crippen LogP contribution in [-0.4, -0.2) is 25.2 Å². The van der Waals surface area contributed by atoms with Gasteiger partial charge in [0.05, 0.1) is 30.2 Å². The third-order valence-corrected chi connectivity index (χ3v) is 6.14. The number of halogens is 1. The van der Waals surface area contributed by atoms with E-state index in [-0.39, 0.29) is 11.8 Å². The van der Waals surface area contributed by atoms with E-state index in [0.29, 0.717) is 52.6 Å². The normalized spacial score (nSPS) is 11.0. The molecule has 0 aliphatic rings. The molecule has 0 radical (unpaired) electrons. The lowest BCUT2D eigenvalue weighted by molar-refractivity contribution is -0.139. The fourth-order valence-electron chi connectivity index (χ4n) is 3.93. The number of rotatable bonds is 13. The summed E-state index contributed by atoms with van der Waals surface area (Å²) >= 11 is 0. The molecule has 210 valence electrons. The molecule has 41 heavy (non-hydrogen) atoms. The van der Waals surface area contributed by atoms with Gasteiger partial charge in [-0.3, -0.25) is 0 Å². The molecule has 4 aromatic rings. The Balaban J connectivity index is 1.28. The van der Waals surface area contributed by atoms with Crippen molar-refractivity contribution in [2.75, 3.05) is 13.2 Å². The van der Waals surface area contributed by atoms with Crippen LogP contribution in [0.15, 0.2) is 107 Å². The number of hydrogen-bond acceptors (Lipinski definition) is 7. The van der Waals surface area contributed by atoms with Crippen molar-refractivity contribution < 1.29 is 28.2 Å². The molecule has 0 saturated heterocycles. The third kappa shape index (κ3) is 8.57.